The number of ether oxygens (including phenoxy) is 1. The first-order valence-electron chi connectivity index (χ1n) is 4.81. The van der Waals surface area contributed by atoms with E-state index in [1.54, 1.807) is 4.90 Å². The average Bonchev–Trinajstić information content (AvgIpc) is 2.41. The summed E-state index contributed by atoms with van der Waals surface area (Å²) in [7, 11) is 1.42. The van der Waals surface area contributed by atoms with Crippen molar-refractivity contribution in [2.75, 3.05) is 26.7 Å². The summed E-state index contributed by atoms with van der Waals surface area (Å²) < 4.78 is 4.68. The van der Waals surface area contributed by atoms with E-state index in [0.717, 1.165) is 32.4 Å². The van der Waals surface area contributed by atoms with Gasteiger partial charge in [0.15, 0.2) is 0 Å². The predicted octanol–water partition coefficient (Wildman–Crippen LogP) is 0.814. The van der Waals surface area contributed by atoms with Gasteiger partial charge in [0, 0.05) is 13.1 Å². The van der Waals surface area contributed by atoms with Crippen molar-refractivity contribution in [3.05, 3.63) is 0 Å². The molecule has 0 aromatic carbocycles. The Morgan fingerprint density at radius 3 is 3.00 bits per heavy atom. The molecular weight excluding hydrogens is 168 g/mol. The van der Waals surface area contributed by atoms with Crippen LogP contribution in [0.4, 0.5) is 4.79 Å². The number of amides is 1. The van der Waals surface area contributed by atoms with E-state index in [4.69, 9.17) is 5.73 Å². The molecule has 1 aliphatic rings. The minimum Gasteiger partial charge on any atom is -0.453 e. The van der Waals surface area contributed by atoms with Gasteiger partial charge in [0.2, 0.25) is 0 Å². The van der Waals surface area contributed by atoms with Gasteiger partial charge in [-0.15, -0.1) is 0 Å². The van der Waals surface area contributed by atoms with E-state index in [9.17, 15) is 4.79 Å². The molecule has 4 nitrogen and oxygen atoms in total. The molecule has 1 rings (SSSR count). The highest BCUT2D eigenvalue weighted by Crippen LogP contribution is 2.15. The third-order valence-electron chi connectivity index (χ3n) is 2.54. The lowest BCUT2D eigenvalue weighted by Crippen LogP contribution is -2.36. The van der Waals surface area contributed by atoms with E-state index in [-0.39, 0.29) is 6.09 Å². The molecule has 4 heteroatoms. The minimum absolute atomic E-state index is 0.222. The summed E-state index contributed by atoms with van der Waals surface area (Å²) in [4.78, 5) is 13.0. The topological polar surface area (TPSA) is 55.6 Å². The lowest BCUT2D eigenvalue weighted by atomic mass is 10.0. The van der Waals surface area contributed by atoms with Crippen LogP contribution in [-0.2, 0) is 4.74 Å². The van der Waals surface area contributed by atoms with Gasteiger partial charge in [0.05, 0.1) is 7.11 Å². The zero-order valence-electron chi connectivity index (χ0n) is 8.16. The van der Waals surface area contributed by atoms with Gasteiger partial charge < -0.3 is 15.4 Å². The Kier molecular flexibility index (Phi) is 4.02. The van der Waals surface area contributed by atoms with Gasteiger partial charge in [0.25, 0.3) is 0 Å². The van der Waals surface area contributed by atoms with Crippen molar-refractivity contribution in [3.8, 4) is 0 Å². The monoisotopic (exact) mass is 186 g/mol. The number of nitrogens with zero attached hydrogens (tertiary/aromatic N) is 1. The molecule has 1 fully saturated rings. The van der Waals surface area contributed by atoms with Crippen LogP contribution in [0.5, 0.6) is 0 Å². The summed E-state index contributed by atoms with van der Waals surface area (Å²) in [6.45, 7) is 2.22. The highest BCUT2D eigenvalue weighted by molar-refractivity contribution is 5.67. The maximum Gasteiger partial charge on any atom is 0.409 e. The van der Waals surface area contributed by atoms with E-state index < -0.39 is 0 Å². The SMILES string of the molecule is COC(=O)N1CCCCC(CN)C1. The molecule has 1 saturated heterocycles. The van der Waals surface area contributed by atoms with Crippen LogP contribution in [0, 0.1) is 5.92 Å². The fraction of sp³-hybridized carbons (Fsp3) is 0.889. The Hall–Kier alpha value is -0.770. The Morgan fingerprint density at radius 2 is 2.38 bits per heavy atom. The van der Waals surface area contributed by atoms with Crippen LogP contribution in [0.3, 0.4) is 0 Å². The molecule has 0 saturated carbocycles. The molecule has 0 bridgehead atoms. The predicted molar refractivity (Wildman–Crippen MR) is 50.4 cm³/mol. The van der Waals surface area contributed by atoms with Crippen molar-refractivity contribution in [1.29, 1.82) is 0 Å². The summed E-state index contributed by atoms with van der Waals surface area (Å²) in [5.41, 5.74) is 5.60. The van der Waals surface area contributed by atoms with Crippen LogP contribution in [0.1, 0.15) is 19.3 Å². The van der Waals surface area contributed by atoms with Crippen LogP contribution in [0.2, 0.25) is 0 Å². The fourth-order valence-electron chi connectivity index (χ4n) is 1.72. The quantitative estimate of drug-likeness (QED) is 0.659. The molecule has 76 valence electrons. The number of likely N-dealkylation sites (tertiary alicyclic amines) is 1. The smallest absolute Gasteiger partial charge is 0.409 e. The number of carbonyl (C=O) groups is 1. The Labute approximate surface area is 79.0 Å². The molecule has 1 atom stereocenters. The molecule has 0 radical (unpaired) electrons. The zero-order chi connectivity index (χ0) is 9.68. The largest absolute Gasteiger partial charge is 0.453 e. The van der Waals surface area contributed by atoms with E-state index in [1.165, 1.54) is 7.11 Å². The van der Waals surface area contributed by atoms with E-state index in [0.29, 0.717) is 12.5 Å². The normalized spacial score (nSPS) is 23.8. The van der Waals surface area contributed by atoms with Crippen LogP contribution < -0.4 is 5.73 Å². The standard InChI is InChI=1S/C9H18N2O2/c1-13-9(12)11-5-3-2-4-8(6-10)7-11/h8H,2-7,10H2,1H3. The van der Waals surface area contributed by atoms with Gasteiger partial charge in [-0.25, -0.2) is 4.79 Å². The van der Waals surface area contributed by atoms with E-state index in [2.05, 4.69) is 4.74 Å². The van der Waals surface area contributed by atoms with Crippen LogP contribution in [0.15, 0.2) is 0 Å². The third kappa shape index (κ3) is 2.88. The summed E-state index contributed by atoms with van der Waals surface area (Å²) in [6, 6.07) is 0. The molecule has 0 aromatic rings. The molecule has 2 N–H and O–H groups in total. The van der Waals surface area contributed by atoms with E-state index in [1.807, 2.05) is 0 Å². The Bertz CT molecular complexity index is 173. The van der Waals surface area contributed by atoms with Crippen molar-refractivity contribution in [2.24, 2.45) is 11.7 Å². The highest BCUT2D eigenvalue weighted by atomic mass is 16.5. The number of methoxy groups -OCH3 is 1. The number of hydrogen-bond acceptors (Lipinski definition) is 3. The van der Waals surface area contributed by atoms with E-state index >= 15 is 0 Å². The van der Waals surface area contributed by atoms with Crippen LogP contribution in [-0.4, -0.2) is 37.7 Å². The summed E-state index contributed by atoms with van der Waals surface area (Å²) >= 11 is 0. The summed E-state index contributed by atoms with van der Waals surface area (Å²) in [5, 5.41) is 0. The zero-order valence-corrected chi connectivity index (χ0v) is 8.16. The molecule has 1 unspecified atom stereocenters. The van der Waals surface area contributed by atoms with Gasteiger partial charge in [-0.05, 0) is 25.3 Å². The lowest BCUT2D eigenvalue weighted by molar-refractivity contribution is 0.120. The highest BCUT2D eigenvalue weighted by Gasteiger charge is 2.21. The molecule has 0 aromatic heterocycles. The maximum absolute atomic E-state index is 11.2. The maximum atomic E-state index is 11.2. The molecule has 0 spiro atoms. The number of rotatable bonds is 1. The van der Waals surface area contributed by atoms with Gasteiger partial charge in [0.1, 0.15) is 0 Å². The lowest BCUT2D eigenvalue weighted by Gasteiger charge is -2.21. The van der Waals surface area contributed by atoms with Gasteiger partial charge in [-0.3, -0.25) is 0 Å². The first-order chi connectivity index (χ1) is 6.27. The van der Waals surface area contributed by atoms with Crippen molar-refractivity contribution < 1.29 is 9.53 Å². The number of nitrogens with two attached hydrogens (primary N) is 1. The first kappa shape index (κ1) is 10.3. The van der Waals surface area contributed by atoms with Crippen molar-refractivity contribution in [1.82, 2.24) is 4.90 Å². The van der Waals surface area contributed by atoms with Crippen molar-refractivity contribution in [2.45, 2.75) is 19.3 Å². The molecule has 13 heavy (non-hydrogen) atoms. The fourth-order valence-corrected chi connectivity index (χ4v) is 1.72. The minimum atomic E-state index is -0.222. The second kappa shape index (κ2) is 5.07. The molecule has 1 heterocycles. The van der Waals surface area contributed by atoms with Crippen molar-refractivity contribution >= 4 is 6.09 Å². The third-order valence-corrected chi connectivity index (χ3v) is 2.54. The molecule has 1 amide bonds. The second-order valence-electron chi connectivity index (χ2n) is 3.51. The summed E-state index contributed by atoms with van der Waals surface area (Å²) in [6.07, 6.45) is 3.13. The first-order valence-corrected chi connectivity index (χ1v) is 4.81. The second-order valence-corrected chi connectivity index (χ2v) is 3.51. The summed E-state index contributed by atoms with van der Waals surface area (Å²) in [5.74, 6) is 0.446. The molecular formula is C9H18N2O2. The Morgan fingerprint density at radius 1 is 1.62 bits per heavy atom. The number of hydrogen-bond donors (Lipinski definition) is 1. The van der Waals surface area contributed by atoms with Crippen LogP contribution in [0.25, 0.3) is 0 Å². The molecule has 0 aliphatic carbocycles. The van der Waals surface area contributed by atoms with Gasteiger partial charge in [-0.2, -0.15) is 0 Å². The van der Waals surface area contributed by atoms with Gasteiger partial charge in [-0.1, -0.05) is 6.42 Å². The van der Waals surface area contributed by atoms with Crippen LogP contribution >= 0.6 is 0 Å². The average molecular weight is 186 g/mol. The van der Waals surface area contributed by atoms with Gasteiger partial charge >= 0.3 is 6.09 Å². The number of carbonyl (C=O) groups excluding carboxylic acids is 1. The molecule has 1 aliphatic heterocycles. The Balaban J connectivity index is 2.48. The van der Waals surface area contributed by atoms with Crippen molar-refractivity contribution in [3.63, 3.8) is 0 Å².